The van der Waals surface area contributed by atoms with Crippen LogP contribution >= 0.6 is 0 Å². The topological polar surface area (TPSA) is 50.7 Å². The molecule has 0 aromatic heterocycles. The van der Waals surface area contributed by atoms with Gasteiger partial charge in [0.25, 0.3) is 0 Å². The minimum absolute atomic E-state index is 0. The average Bonchev–Trinajstić information content (AvgIpc) is 2.59. The van der Waals surface area contributed by atoms with E-state index in [0.29, 0.717) is 18.9 Å². The Labute approximate surface area is 150 Å². The van der Waals surface area contributed by atoms with E-state index in [1.54, 1.807) is 7.11 Å². The number of hydrogen-bond donors (Lipinski definition) is 2. The summed E-state index contributed by atoms with van der Waals surface area (Å²) in [6.07, 6.45) is 0. The highest BCUT2D eigenvalue weighted by Crippen LogP contribution is 2.32. The molecule has 2 aromatic rings. The molecule has 2 aromatic carbocycles. The molecule has 4 nitrogen and oxygen atoms in total. The number of hydrogen-bond acceptors (Lipinski definition) is 4. The predicted octanol–water partition coefficient (Wildman–Crippen LogP) is 0.139. The van der Waals surface area contributed by atoms with Gasteiger partial charge in [0.15, 0.2) is 11.5 Å². The van der Waals surface area contributed by atoms with E-state index in [0.717, 1.165) is 16.9 Å². The lowest BCUT2D eigenvalue weighted by Gasteiger charge is -2.24. The molecule has 0 saturated heterocycles. The molecule has 24 heavy (non-hydrogen) atoms. The maximum atomic E-state index is 9.38. The molecular formula is C19H25ClNO3-. The van der Waals surface area contributed by atoms with E-state index in [4.69, 9.17) is 9.47 Å². The summed E-state index contributed by atoms with van der Waals surface area (Å²) < 4.78 is 11.4. The summed E-state index contributed by atoms with van der Waals surface area (Å²) in [5.74, 6) is 1.45. The second-order valence-corrected chi connectivity index (χ2v) is 6.12. The maximum absolute atomic E-state index is 9.38. The molecule has 0 unspecified atom stereocenters. The number of methoxy groups -OCH3 is 1. The van der Waals surface area contributed by atoms with E-state index in [1.165, 1.54) is 0 Å². The van der Waals surface area contributed by atoms with Gasteiger partial charge in [-0.3, -0.25) is 0 Å². The van der Waals surface area contributed by atoms with Gasteiger partial charge >= 0.3 is 0 Å². The molecule has 5 heteroatoms. The number of rotatable bonds is 8. The summed E-state index contributed by atoms with van der Waals surface area (Å²) in [4.78, 5) is 0. The van der Waals surface area contributed by atoms with E-state index in [9.17, 15) is 5.11 Å². The SMILES string of the molecule is COc1cccc(CNC(C)(C)CO)c1OCc1ccccc1.[Cl-]. The lowest BCUT2D eigenvalue weighted by molar-refractivity contribution is -0.00000630. The second kappa shape index (κ2) is 9.52. The van der Waals surface area contributed by atoms with Crippen LogP contribution in [0.25, 0.3) is 0 Å². The molecule has 0 bridgehead atoms. The summed E-state index contributed by atoms with van der Waals surface area (Å²) in [7, 11) is 1.64. The van der Waals surface area contributed by atoms with E-state index in [-0.39, 0.29) is 24.6 Å². The maximum Gasteiger partial charge on any atom is 0.166 e. The van der Waals surface area contributed by atoms with Crippen LogP contribution in [0.4, 0.5) is 0 Å². The largest absolute Gasteiger partial charge is 1.00 e. The van der Waals surface area contributed by atoms with Crippen LogP contribution in [0.1, 0.15) is 25.0 Å². The third kappa shape index (κ3) is 5.71. The van der Waals surface area contributed by atoms with Crippen molar-refractivity contribution in [2.75, 3.05) is 13.7 Å². The van der Waals surface area contributed by atoms with Gasteiger partial charge in [0.2, 0.25) is 0 Å². The molecule has 0 spiro atoms. The number of benzene rings is 2. The van der Waals surface area contributed by atoms with Gasteiger partial charge in [-0.2, -0.15) is 0 Å². The third-order valence-electron chi connectivity index (χ3n) is 3.66. The molecule has 0 aliphatic heterocycles. The zero-order valence-corrected chi connectivity index (χ0v) is 15.1. The van der Waals surface area contributed by atoms with Gasteiger partial charge in [-0.25, -0.2) is 0 Å². The van der Waals surface area contributed by atoms with Crippen molar-refractivity contribution >= 4 is 0 Å². The van der Waals surface area contributed by atoms with Crippen molar-refractivity contribution < 1.29 is 27.0 Å². The third-order valence-corrected chi connectivity index (χ3v) is 3.66. The van der Waals surface area contributed by atoms with Crippen LogP contribution in [-0.4, -0.2) is 24.4 Å². The highest BCUT2D eigenvalue weighted by Gasteiger charge is 2.17. The number of aliphatic hydroxyl groups excluding tert-OH is 1. The van der Waals surface area contributed by atoms with E-state index in [1.807, 2.05) is 62.4 Å². The minimum Gasteiger partial charge on any atom is -1.00 e. The molecule has 2 N–H and O–H groups in total. The normalized spacial score (nSPS) is 10.8. The van der Waals surface area contributed by atoms with Gasteiger partial charge in [-0.1, -0.05) is 42.5 Å². The first kappa shape index (κ1) is 20.3. The fourth-order valence-electron chi connectivity index (χ4n) is 2.15. The molecule has 0 amide bonds. The standard InChI is InChI=1S/C19H25NO3.ClH/c1-19(2,14-21)20-12-16-10-7-11-17(22-3)18(16)23-13-15-8-5-4-6-9-15;/h4-11,20-21H,12-14H2,1-3H3;1H/p-1. The van der Waals surface area contributed by atoms with Crippen molar-refractivity contribution in [1.82, 2.24) is 5.32 Å². The number of para-hydroxylation sites is 1. The summed E-state index contributed by atoms with van der Waals surface area (Å²) in [5.41, 5.74) is 1.76. The first-order chi connectivity index (χ1) is 11.1. The Morgan fingerprint density at radius 2 is 1.75 bits per heavy atom. The van der Waals surface area contributed by atoms with E-state index in [2.05, 4.69) is 5.32 Å². The summed E-state index contributed by atoms with van der Waals surface area (Å²) in [6, 6.07) is 15.9. The lowest BCUT2D eigenvalue weighted by Crippen LogP contribution is -3.00. The van der Waals surface area contributed by atoms with Crippen molar-refractivity contribution in [2.45, 2.75) is 32.5 Å². The first-order valence-corrected chi connectivity index (χ1v) is 7.74. The van der Waals surface area contributed by atoms with Crippen LogP contribution in [-0.2, 0) is 13.2 Å². The zero-order chi connectivity index (χ0) is 16.7. The van der Waals surface area contributed by atoms with Gasteiger partial charge in [0.1, 0.15) is 6.61 Å². The molecule has 0 fully saturated rings. The quantitative estimate of drug-likeness (QED) is 0.711. The minimum atomic E-state index is -0.347. The Hall–Kier alpha value is -1.75. The Morgan fingerprint density at radius 1 is 1.04 bits per heavy atom. The summed E-state index contributed by atoms with van der Waals surface area (Å²) in [5, 5.41) is 12.7. The molecule has 0 aliphatic rings. The Bertz CT molecular complexity index is 617. The number of halogens is 1. The van der Waals surface area contributed by atoms with Crippen LogP contribution in [0, 0.1) is 0 Å². The molecule has 0 heterocycles. The van der Waals surface area contributed by atoms with Gasteiger partial charge in [0, 0.05) is 17.6 Å². The van der Waals surface area contributed by atoms with Crippen LogP contribution in [0.2, 0.25) is 0 Å². The van der Waals surface area contributed by atoms with Crippen LogP contribution in [0.15, 0.2) is 48.5 Å². The van der Waals surface area contributed by atoms with E-state index < -0.39 is 0 Å². The molecule has 0 saturated carbocycles. The Kier molecular flexibility index (Phi) is 8.05. The van der Waals surface area contributed by atoms with Crippen LogP contribution < -0.4 is 27.2 Å². The molecule has 132 valence electrons. The molecule has 2 rings (SSSR count). The van der Waals surface area contributed by atoms with E-state index >= 15 is 0 Å². The summed E-state index contributed by atoms with van der Waals surface area (Å²) in [6.45, 7) is 5.05. The highest BCUT2D eigenvalue weighted by molar-refractivity contribution is 5.46. The molecule has 0 radical (unpaired) electrons. The second-order valence-electron chi connectivity index (χ2n) is 6.12. The number of aliphatic hydroxyl groups is 1. The van der Waals surface area contributed by atoms with Gasteiger partial charge in [0.05, 0.1) is 13.7 Å². The monoisotopic (exact) mass is 350 g/mol. The van der Waals surface area contributed by atoms with Crippen molar-refractivity contribution in [3.63, 3.8) is 0 Å². The number of ether oxygens (including phenoxy) is 2. The van der Waals surface area contributed by atoms with Crippen molar-refractivity contribution in [1.29, 1.82) is 0 Å². The Balaban J connectivity index is 0.00000288. The summed E-state index contributed by atoms with van der Waals surface area (Å²) >= 11 is 0. The van der Waals surface area contributed by atoms with Gasteiger partial charge in [-0.05, 0) is 25.5 Å². The smallest absolute Gasteiger partial charge is 0.166 e. The van der Waals surface area contributed by atoms with Gasteiger partial charge in [-0.15, -0.1) is 0 Å². The van der Waals surface area contributed by atoms with Gasteiger partial charge < -0.3 is 32.3 Å². The zero-order valence-electron chi connectivity index (χ0n) is 14.4. The van der Waals surface area contributed by atoms with Crippen LogP contribution in [0.3, 0.4) is 0 Å². The lowest BCUT2D eigenvalue weighted by atomic mass is 10.1. The molecular weight excluding hydrogens is 326 g/mol. The van der Waals surface area contributed by atoms with Crippen molar-refractivity contribution in [3.05, 3.63) is 59.7 Å². The Morgan fingerprint density at radius 3 is 2.38 bits per heavy atom. The van der Waals surface area contributed by atoms with Crippen molar-refractivity contribution in [2.24, 2.45) is 0 Å². The molecule has 0 aliphatic carbocycles. The van der Waals surface area contributed by atoms with Crippen molar-refractivity contribution in [3.8, 4) is 11.5 Å². The highest BCUT2D eigenvalue weighted by atomic mass is 35.5. The molecule has 0 atom stereocenters. The fourth-order valence-corrected chi connectivity index (χ4v) is 2.15. The fraction of sp³-hybridized carbons (Fsp3) is 0.368. The number of nitrogens with one attached hydrogen (secondary N) is 1. The van der Waals surface area contributed by atoms with Crippen LogP contribution in [0.5, 0.6) is 11.5 Å². The first-order valence-electron chi connectivity index (χ1n) is 7.74. The predicted molar refractivity (Wildman–Crippen MR) is 91.8 cm³/mol. The average molecular weight is 351 g/mol.